The molecule has 0 unspecified atom stereocenters. The van der Waals surface area contributed by atoms with Gasteiger partial charge in [-0.05, 0) is 43.2 Å². The number of nitrogens with one attached hydrogen (secondary N) is 2. The number of hydrogen-bond donors (Lipinski definition) is 2. The number of carbonyl (C=O) groups excluding carboxylic acids is 1. The van der Waals surface area contributed by atoms with Crippen molar-refractivity contribution in [1.82, 2.24) is 5.32 Å². The largest absolute Gasteiger partial charge is 0.454 e. The summed E-state index contributed by atoms with van der Waals surface area (Å²) in [5.41, 5.74) is 1.85. The third-order valence-corrected chi connectivity index (χ3v) is 4.69. The molecule has 1 aliphatic heterocycles. The third kappa shape index (κ3) is 4.32. The molecular formula is C19H21BrN2O3. The van der Waals surface area contributed by atoms with Crippen LogP contribution >= 0.6 is 15.9 Å². The van der Waals surface area contributed by atoms with Crippen molar-refractivity contribution in [3.8, 4) is 11.5 Å². The van der Waals surface area contributed by atoms with E-state index < -0.39 is 0 Å². The molecule has 5 nitrogen and oxygen atoms in total. The summed E-state index contributed by atoms with van der Waals surface area (Å²) in [7, 11) is 0. The van der Waals surface area contributed by atoms with Crippen LogP contribution in [0, 0.1) is 0 Å². The number of ether oxygens (including phenoxy) is 2. The van der Waals surface area contributed by atoms with Gasteiger partial charge in [0.25, 0.3) is 0 Å². The number of amides is 1. The van der Waals surface area contributed by atoms with E-state index in [1.54, 1.807) is 12.1 Å². The van der Waals surface area contributed by atoms with E-state index in [1.807, 2.05) is 25.1 Å². The second-order valence-electron chi connectivity index (χ2n) is 5.96. The number of benzene rings is 2. The molecule has 2 aromatic rings. The van der Waals surface area contributed by atoms with Gasteiger partial charge in [0.15, 0.2) is 11.5 Å². The monoisotopic (exact) mass is 404 g/mol. The number of carbonyl (C=O) groups is 1. The van der Waals surface area contributed by atoms with Crippen LogP contribution in [0.25, 0.3) is 0 Å². The van der Waals surface area contributed by atoms with E-state index in [0.29, 0.717) is 17.2 Å². The molecule has 0 fully saturated rings. The van der Waals surface area contributed by atoms with Crippen LogP contribution in [0.4, 0.5) is 5.69 Å². The Morgan fingerprint density at radius 2 is 1.88 bits per heavy atom. The van der Waals surface area contributed by atoms with Crippen molar-refractivity contribution in [1.29, 1.82) is 0 Å². The summed E-state index contributed by atoms with van der Waals surface area (Å²) in [4.78, 5) is 12.5. The fourth-order valence-electron chi connectivity index (χ4n) is 2.75. The Balaban J connectivity index is 1.62. The second-order valence-corrected chi connectivity index (χ2v) is 6.87. The molecule has 0 bridgehead atoms. The van der Waals surface area contributed by atoms with E-state index in [-0.39, 0.29) is 24.8 Å². The maximum absolute atomic E-state index is 12.5. The van der Waals surface area contributed by atoms with E-state index in [2.05, 4.69) is 45.6 Å². The standard InChI is InChI=1S/C19H21BrN2O3/c1-3-16(13-4-6-14(20)7-5-13)21-12(2)19(23)22-15-8-9-17-18(10-15)25-11-24-17/h4-10,12,16,21H,3,11H2,1-2H3,(H,22,23)/t12-,16-/m1/s1. The number of hydrogen-bond acceptors (Lipinski definition) is 4. The van der Waals surface area contributed by atoms with Crippen LogP contribution in [0.5, 0.6) is 11.5 Å². The van der Waals surface area contributed by atoms with E-state index in [9.17, 15) is 4.79 Å². The van der Waals surface area contributed by atoms with Crippen molar-refractivity contribution in [2.24, 2.45) is 0 Å². The fraction of sp³-hybridized carbons (Fsp3) is 0.316. The maximum Gasteiger partial charge on any atom is 0.241 e. The Morgan fingerprint density at radius 1 is 1.16 bits per heavy atom. The molecule has 0 aliphatic carbocycles. The number of halogens is 1. The summed E-state index contributed by atoms with van der Waals surface area (Å²) < 4.78 is 11.7. The molecule has 132 valence electrons. The summed E-state index contributed by atoms with van der Waals surface area (Å²) in [5.74, 6) is 1.26. The lowest BCUT2D eigenvalue weighted by molar-refractivity contribution is -0.118. The van der Waals surface area contributed by atoms with Gasteiger partial charge in [-0.3, -0.25) is 10.1 Å². The van der Waals surface area contributed by atoms with Crippen molar-refractivity contribution in [2.45, 2.75) is 32.4 Å². The summed E-state index contributed by atoms with van der Waals surface area (Å²) in [5, 5.41) is 6.31. The topological polar surface area (TPSA) is 59.6 Å². The van der Waals surface area contributed by atoms with Gasteiger partial charge in [-0.2, -0.15) is 0 Å². The molecule has 2 atom stereocenters. The fourth-order valence-corrected chi connectivity index (χ4v) is 3.01. The van der Waals surface area contributed by atoms with Gasteiger partial charge < -0.3 is 14.8 Å². The first kappa shape index (κ1) is 17.8. The second kappa shape index (κ2) is 7.89. The van der Waals surface area contributed by atoms with Crippen molar-refractivity contribution >= 4 is 27.5 Å². The Morgan fingerprint density at radius 3 is 2.60 bits per heavy atom. The van der Waals surface area contributed by atoms with Crippen molar-refractivity contribution < 1.29 is 14.3 Å². The van der Waals surface area contributed by atoms with E-state index in [1.165, 1.54) is 0 Å². The van der Waals surface area contributed by atoms with Crippen LogP contribution in [0.1, 0.15) is 31.9 Å². The van der Waals surface area contributed by atoms with Gasteiger partial charge in [-0.25, -0.2) is 0 Å². The molecule has 1 amide bonds. The zero-order chi connectivity index (χ0) is 17.8. The molecule has 2 aromatic carbocycles. The van der Waals surface area contributed by atoms with Gasteiger partial charge in [-0.1, -0.05) is 35.0 Å². The molecule has 3 rings (SSSR count). The average Bonchev–Trinajstić information content (AvgIpc) is 3.08. The summed E-state index contributed by atoms with van der Waals surface area (Å²) in [6.07, 6.45) is 0.892. The highest BCUT2D eigenvalue weighted by Crippen LogP contribution is 2.34. The molecule has 0 aromatic heterocycles. The van der Waals surface area contributed by atoms with Gasteiger partial charge in [-0.15, -0.1) is 0 Å². The van der Waals surface area contributed by atoms with Crippen LogP contribution in [0.15, 0.2) is 46.9 Å². The highest BCUT2D eigenvalue weighted by molar-refractivity contribution is 9.10. The van der Waals surface area contributed by atoms with Crippen LogP contribution in [0.3, 0.4) is 0 Å². The van der Waals surface area contributed by atoms with Gasteiger partial charge in [0.1, 0.15) is 0 Å². The normalized spacial score (nSPS) is 14.8. The van der Waals surface area contributed by atoms with E-state index in [0.717, 1.165) is 16.5 Å². The minimum absolute atomic E-state index is 0.0885. The van der Waals surface area contributed by atoms with Gasteiger partial charge >= 0.3 is 0 Å². The van der Waals surface area contributed by atoms with Gasteiger partial charge in [0.05, 0.1) is 6.04 Å². The zero-order valence-electron chi connectivity index (χ0n) is 14.2. The van der Waals surface area contributed by atoms with Crippen molar-refractivity contribution in [2.75, 3.05) is 12.1 Å². The minimum atomic E-state index is -0.334. The predicted molar refractivity (Wildman–Crippen MR) is 101 cm³/mol. The number of rotatable bonds is 6. The van der Waals surface area contributed by atoms with E-state index >= 15 is 0 Å². The third-order valence-electron chi connectivity index (χ3n) is 4.17. The molecule has 25 heavy (non-hydrogen) atoms. The minimum Gasteiger partial charge on any atom is -0.454 e. The van der Waals surface area contributed by atoms with Crippen molar-refractivity contribution in [3.63, 3.8) is 0 Å². The lowest BCUT2D eigenvalue weighted by Crippen LogP contribution is -2.40. The summed E-state index contributed by atoms with van der Waals surface area (Å²) in [6.45, 7) is 4.18. The first-order valence-corrected chi connectivity index (χ1v) is 9.08. The Kier molecular flexibility index (Phi) is 5.60. The lowest BCUT2D eigenvalue weighted by atomic mass is 10.0. The molecule has 0 spiro atoms. The molecule has 0 radical (unpaired) electrons. The molecule has 0 saturated carbocycles. The molecular weight excluding hydrogens is 384 g/mol. The van der Waals surface area contributed by atoms with E-state index in [4.69, 9.17) is 9.47 Å². The van der Waals surface area contributed by atoms with Crippen molar-refractivity contribution in [3.05, 3.63) is 52.5 Å². The van der Waals surface area contributed by atoms with Crippen LogP contribution in [-0.4, -0.2) is 18.7 Å². The average molecular weight is 405 g/mol. The quantitative estimate of drug-likeness (QED) is 0.755. The van der Waals surface area contributed by atoms with Crippen LogP contribution in [-0.2, 0) is 4.79 Å². The van der Waals surface area contributed by atoms with Gasteiger partial charge in [0.2, 0.25) is 12.7 Å². The first-order valence-electron chi connectivity index (χ1n) is 8.29. The molecule has 0 saturated heterocycles. The number of fused-ring (bicyclic) bond motifs is 1. The highest BCUT2D eigenvalue weighted by Gasteiger charge is 2.19. The molecule has 1 aliphatic rings. The first-order chi connectivity index (χ1) is 12.1. The zero-order valence-corrected chi connectivity index (χ0v) is 15.8. The number of anilines is 1. The predicted octanol–water partition coefficient (Wildman–Crippen LogP) is 4.25. The molecule has 1 heterocycles. The summed E-state index contributed by atoms with van der Waals surface area (Å²) >= 11 is 3.45. The van der Waals surface area contributed by atoms with Crippen LogP contribution in [0.2, 0.25) is 0 Å². The maximum atomic E-state index is 12.5. The Labute approximate surface area is 155 Å². The lowest BCUT2D eigenvalue weighted by Gasteiger charge is -2.22. The Hall–Kier alpha value is -2.05. The summed E-state index contributed by atoms with van der Waals surface area (Å²) in [6, 6.07) is 13.3. The molecule has 6 heteroatoms. The Bertz CT molecular complexity index is 749. The van der Waals surface area contributed by atoms with Gasteiger partial charge in [0, 0.05) is 22.3 Å². The highest BCUT2D eigenvalue weighted by atomic mass is 79.9. The van der Waals surface area contributed by atoms with Crippen LogP contribution < -0.4 is 20.1 Å². The SMILES string of the molecule is CC[C@@H](N[C@H](C)C(=O)Nc1ccc2c(c1)OCO2)c1ccc(Br)cc1. The smallest absolute Gasteiger partial charge is 0.241 e. The molecule has 2 N–H and O–H groups in total.